The molecule has 1 heterocycles. The summed E-state index contributed by atoms with van der Waals surface area (Å²) in [7, 11) is 0. The number of nitrogens with zero attached hydrogens (tertiary/aromatic N) is 1. The lowest BCUT2D eigenvalue weighted by Gasteiger charge is -2.28. The molecular formula is C15H20N4O. The van der Waals surface area contributed by atoms with Crippen LogP contribution in [-0.2, 0) is 4.79 Å². The molecule has 5 nitrogen and oxygen atoms in total. The van der Waals surface area contributed by atoms with Crippen LogP contribution in [0.15, 0.2) is 41.0 Å². The molecule has 5 heteroatoms. The van der Waals surface area contributed by atoms with Crippen LogP contribution in [0, 0.1) is 0 Å². The molecule has 20 heavy (non-hydrogen) atoms. The van der Waals surface area contributed by atoms with Gasteiger partial charge >= 0.3 is 0 Å². The quantitative estimate of drug-likeness (QED) is 0.574. The molecule has 0 bridgehead atoms. The largest absolute Gasteiger partial charge is 0.322 e. The minimum absolute atomic E-state index is 0.0282. The van der Waals surface area contributed by atoms with E-state index in [1.54, 1.807) is 6.21 Å². The summed E-state index contributed by atoms with van der Waals surface area (Å²) >= 11 is 0. The number of hydrazone groups is 1. The van der Waals surface area contributed by atoms with Crippen molar-refractivity contribution in [2.45, 2.75) is 32.6 Å². The smallest absolute Gasteiger partial charge is 0.224 e. The van der Waals surface area contributed by atoms with Crippen molar-refractivity contribution in [3.8, 4) is 0 Å². The third-order valence-electron chi connectivity index (χ3n) is 2.91. The first kappa shape index (κ1) is 14.3. The Hall–Kier alpha value is -2.14. The van der Waals surface area contributed by atoms with Crippen molar-refractivity contribution in [3.05, 3.63) is 41.5 Å². The van der Waals surface area contributed by atoms with Crippen LogP contribution in [0.3, 0.4) is 0 Å². The fraction of sp³-hybridized carbons (Fsp3) is 0.333. The molecule has 0 spiro atoms. The van der Waals surface area contributed by atoms with Crippen molar-refractivity contribution in [3.63, 3.8) is 0 Å². The number of hydrogen-bond donors (Lipinski definition) is 3. The fourth-order valence-corrected chi connectivity index (χ4v) is 2.02. The van der Waals surface area contributed by atoms with Crippen LogP contribution in [-0.4, -0.2) is 24.5 Å². The van der Waals surface area contributed by atoms with E-state index in [-0.39, 0.29) is 18.2 Å². The van der Waals surface area contributed by atoms with Crippen LogP contribution >= 0.6 is 0 Å². The number of rotatable bonds is 4. The lowest BCUT2D eigenvalue weighted by atomic mass is 10.1. The highest BCUT2D eigenvalue weighted by atomic mass is 16.2. The van der Waals surface area contributed by atoms with Crippen molar-refractivity contribution in [2.24, 2.45) is 5.10 Å². The van der Waals surface area contributed by atoms with E-state index in [1.807, 2.05) is 50.3 Å². The average Bonchev–Trinajstić information content (AvgIpc) is 2.38. The summed E-state index contributed by atoms with van der Waals surface area (Å²) in [6.45, 7) is 3.95. The van der Waals surface area contributed by atoms with Gasteiger partial charge in [-0.1, -0.05) is 36.4 Å². The number of hydrogen-bond acceptors (Lipinski definition) is 4. The van der Waals surface area contributed by atoms with Gasteiger partial charge in [0.1, 0.15) is 0 Å². The van der Waals surface area contributed by atoms with Gasteiger partial charge in [-0.25, -0.2) is 0 Å². The standard InChI is InChI=1S/C15H20N4O/c1-11(8-13-6-4-3-5-7-13)10-16-19-15-17-12(2)9-14(20)18-15/h3-8,10,12,15,17,19H,9H2,1-2H3,(H,18,20)/b11-8+,16-10+. The monoisotopic (exact) mass is 272 g/mol. The lowest BCUT2D eigenvalue weighted by Crippen LogP contribution is -2.60. The summed E-state index contributed by atoms with van der Waals surface area (Å²) in [5, 5.41) is 10.1. The number of amides is 1. The van der Waals surface area contributed by atoms with Crippen molar-refractivity contribution in [1.29, 1.82) is 0 Å². The highest BCUT2D eigenvalue weighted by Crippen LogP contribution is 2.04. The molecule has 0 saturated carbocycles. The Morgan fingerprint density at radius 1 is 1.40 bits per heavy atom. The maximum absolute atomic E-state index is 11.4. The van der Waals surface area contributed by atoms with E-state index in [9.17, 15) is 4.79 Å². The van der Waals surface area contributed by atoms with Gasteiger partial charge in [-0.15, -0.1) is 0 Å². The third kappa shape index (κ3) is 4.51. The van der Waals surface area contributed by atoms with Gasteiger partial charge in [0.15, 0.2) is 6.29 Å². The molecule has 0 aliphatic carbocycles. The molecule has 106 valence electrons. The zero-order valence-corrected chi connectivity index (χ0v) is 11.8. The minimum Gasteiger partial charge on any atom is -0.322 e. The predicted molar refractivity (Wildman–Crippen MR) is 80.9 cm³/mol. The molecule has 1 amide bonds. The molecule has 1 fully saturated rings. The zero-order chi connectivity index (χ0) is 14.4. The second-order valence-electron chi connectivity index (χ2n) is 4.96. The summed E-state index contributed by atoms with van der Waals surface area (Å²) in [4.78, 5) is 11.4. The van der Waals surface area contributed by atoms with Crippen LogP contribution in [0.25, 0.3) is 6.08 Å². The molecule has 3 N–H and O–H groups in total. The molecule has 1 aromatic carbocycles. The summed E-state index contributed by atoms with van der Waals surface area (Å²) in [5.41, 5.74) is 5.04. The number of benzene rings is 1. The molecule has 2 atom stereocenters. The SMILES string of the molecule is CC(/C=N/NC1NC(=O)CC(C)N1)=C\c1ccccc1. The van der Waals surface area contributed by atoms with Crippen LogP contribution < -0.4 is 16.1 Å². The second-order valence-corrected chi connectivity index (χ2v) is 4.96. The predicted octanol–water partition coefficient (Wildman–Crippen LogP) is 1.45. The van der Waals surface area contributed by atoms with Gasteiger partial charge in [-0.3, -0.25) is 15.5 Å². The fourth-order valence-electron chi connectivity index (χ4n) is 2.02. The first-order valence-electron chi connectivity index (χ1n) is 6.71. The Morgan fingerprint density at radius 2 is 2.15 bits per heavy atom. The van der Waals surface area contributed by atoms with Crippen LogP contribution in [0.2, 0.25) is 0 Å². The summed E-state index contributed by atoms with van der Waals surface area (Å²) < 4.78 is 0. The zero-order valence-electron chi connectivity index (χ0n) is 11.8. The third-order valence-corrected chi connectivity index (χ3v) is 2.91. The van der Waals surface area contributed by atoms with E-state index in [1.165, 1.54) is 0 Å². The number of allylic oxidation sites excluding steroid dienone is 1. The Kier molecular flexibility index (Phi) is 4.90. The van der Waals surface area contributed by atoms with Crippen molar-refractivity contribution < 1.29 is 4.79 Å². The van der Waals surface area contributed by atoms with E-state index in [0.717, 1.165) is 11.1 Å². The van der Waals surface area contributed by atoms with Crippen LogP contribution in [0.5, 0.6) is 0 Å². The minimum atomic E-state index is -0.313. The van der Waals surface area contributed by atoms with Gasteiger partial charge in [0.05, 0.1) is 0 Å². The van der Waals surface area contributed by atoms with Gasteiger partial charge in [0.2, 0.25) is 5.91 Å². The Morgan fingerprint density at radius 3 is 2.85 bits per heavy atom. The lowest BCUT2D eigenvalue weighted by molar-refractivity contribution is -0.124. The Bertz CT molecular complexity index is 510. The number of carbonyl (C=O) groups is 1. The van der Waals surface area contributed by atoms with Crippen molar-refractivity contribution in [2.75, 3.05) is 0 Å². The van der Waals surface area contributed by atoms with Gasteiger partial charge < -0.3 is 5.32 Å². The first-order chi connectivity index (χ1) is 9.63. The van der Waals surface area contributed by atoms with Gasteiger partial charge in [0, 0.05) is 18.7 Å². The van der Waals surface area contributed by atoms with Crippen LogP contribution in [0.1, 0.15) is 25.8 Å². The molecule has 0 aromatic heterocycles. The number of nitrogens with one attached hydrogen (secondary N) is 3. The maximum Gasteiger partial charge on any atom is 0.224 e. The molecule has 1 aliphatic heterocycles. The van der Waals surface area contributed by atoms with E-state index in [2.05, 4.69) is 21.2 Å². The van der Waals surface area contributed by atoms with Crippen molar-refractivity contribution in [1.82, 2.24) is 16.1 Å². The molecule has 1 aliphatic rings. The topological polar surface area (TPSA) is 65.5 Å². The van der Waals surface area contributed by atoms with Crippen LogP contribution in [0.4, 0.5) is 0 Å². The Labute approximate surface area is 119 Å². The van der Waals surface area contributed by atoms with E-state index in [4.69, 9.17) is 0 Å². The highest BCUT2D eigenvalue weighted by Gasteiger charge is 2.21. The second kappa shape index (κ2) is 6.86. The van der Waals surface area contributed by atoms with E-state index >= 15 is 0 Å². The molecule has 1 saturated heterocycles. The average molecular weight is 272 g/mol. The van der Waals surface area contributed by atoms with Gasteiger partial charge in [-0.05, 0) is 25.0 Å². The summed E-state index contributed by atoms with van der Waals surface area (Å²) in [6, 6.07) is 10.2. The maximum atomic E-state index is 11.4. The molecule has 1 aromatic rings. The Balaban J connectivity index is 1.87. The summed E-state index contributed by atoms with van der Waals surface area (Å²) in [6.07, 6.45) is 3.96. The summed E-state index contributed by atoms with van der Waals surface area (Å²) in [5.74, 6) is 0.0282. The van der Waals surface area contributed by atoms with Crippen molar-refractivity contribution >= 4 is 18.2 Å². The first-order valence-corrected chi connectivity index (χ1v) is 6.71. The normalized spacial score (nSPS) is 23.7. The highest BCUT2D eigenvalue weighted by molar-refractivity contribution is 5.84. The molecular weight excluding hydrogens is 252 g/mol. The van der Waals surface area contributed by atoms with E-state index < -0.39 is 0 Å². The molecule has 2 rings (SSSR count). The van der Waals surface area contributed by atoms with Gasteiger partial charge in [0.25, 0.3) is 0 Å². The molecule has 0 radical (unpaired) electrons. The number of carbonyl (C=O) groups excluding carboxylic acids is 1. The van der Waals surface area contributed by atoms with Gasteiger partial charge in [-0.2, -0.15) is 5.10 Å². The van der Waals surface area contributed by atoms with E-state index in [0.29, 0.717) is 6.42 Å². The molecule has 2 unspecified atom stereocenters.